The molecule has 66 valence electrons. The summed E-state index contributed by atoms with van der Waals surface area (Å²) in [5.74, 6) is 0.0775. The lowest BCUT2D eigenvalue weighted by molar-refractivity contribution is -0.121. The number of amides is 1. The van der Waals surface area contributed by atoms with Crippen molar-refractivity contribution in [2.24, 2.45) is 11.7 Å². The summed E-state index contributed by atoms with van der Waals surface area (Å²) in [6, 6.07) is -0.162. The number of hydrogen-bond donors (Lipinski definition) is 2. The average molecular weight is 158 g/mol. The summed E-state index contributed by atoms with van der Waals surface area (Å²) in [6.45, 7) is 6.84. The van der Waals surface area contributed by atoms with Crippen molar-refractivity contribution in [1.29, 1.82) is 0 Å². The van der Waals surface area contributed by atoms with Crippen molar-refractivity contribution in [1.82, 2.24) is 5.32 Å². The third kappa shape index (κ3) is 3.37. The first-order valence-corrected chi connectivity index (χ1v) is 4.16. The molecule has 0 fully saturated rings. The molecule has 0 aliphatic heterocycles. The lowest BCUT2D eigenvalue weighted by atomic mass is 9.99. The van der Waals surface area contributed by atoms with E-state index in [1.165, 1.54) is 0 Å². The van der Waals surface area contributed by atoms with Crippen molar-refractivity contribution in [2.75, 3.05) is 6.54 Å². The minimum Gasteiger partial charge on any atom is -0.368 e. The van der Waals surface area contributed by atoms with Gasteiger partial charge in [-0.3, -0.25) is 4.79 Å². The fourth-order valence-corrected chi connectivity index (χ4v) is 1.04. The number of nitrogens with one attached hydrogen (secondary N) is 1. The van der Waals surface area contributed by atoms with Crippen molar-refractivity contribution < 1.29 is 4.79 Å². The van der Waals surface area contributed by atoms with Crippen LogP contribution in [0.1, 0.15) is 27.2 Å². The molecule has 0 spiro atoms. The quantitative estimate of drug-likeness (QED) is 0.612. The van der Waals surface area contributed by atoms with Gasteiger partial charge >= 0.3 is 0 Å². The molecule has 0 aromatic heterocycles. The standard InChI is InChI=1S/C8H18N2O/c1-4-6(3)7(8(9)11)10-5-2/h6-7,10H,4-5H2,1-3H3,(H2,9,11)/t6-,7-/m0/s1. The summed E-state index contributed by atoms with van der Waals surface area (Å²) in [5, 5.41) is 3.06. The maximum atomic E-state index is 10.8. The first-order chi connectivity index (χ1) is 5.13. The molecule has 0 aliphatic carbocycles. The van der Waals surface area contributed by atoms with Crippen molar-refractivity contribution >= 4 is 5.91 Å². The highest BCUT2D eigenvalue weighted by Gasteiger charge is 2.19. The predicted molar refractivity (Wildman–Crippen MR) is 46.1 cm³/mol. The Labute approximate surface area is 68.3 Å². The van der Waals surface area contributed by atoms with Crippen LogP contribution in [0.5, 0.6) is 0 Å². The molecule has 3 heteroatoms. The van der Waals surface area contributed by atoms with Gasteiger partial charge < -0.3 is 11.1 Å². The Kier molecular flexibility index (Phi) is 4.86. The van der Waals surface area contributed by atoms with Crippen molar-refractivity contribution in [3.63, 3.8) is 0 Å². The second-order valence-corrected chi connectivity index (χ2v) is 2.82. The molecule has 0 radical (unpaired) electrons. The van der Waals surface area contributed by atoms with Crippen LogP contribution in [-0.4, -0.2) is 18.5 Å². The van der Waals surface area contributed by atoms with E-state index >= 15 is 0 Å². The van der Waals surface area contributed by atoms with E-state index in [-0.39, 0.29) is 11.9 Å². The van der Waals surface area contributed by atoms with Gasteiger partial charge in [-0.1, -0.05) is 27.2 Å². The molecule has 0 aliphatic rings. The summed E-state index contributed by atoms with van der Waals surface area (Å²) < 4.78 is 0. The van der Waals surface area contributed by atoms with Gasteiger partial charge in [-0.2, -0.15) is 0 Å². The maximum Gasteiger partial charge on any atom is 0.234 e. The van der Waals surface area contributed by atoms with Crippen LogP contribution in [-0.2, 0) is 4.79 Å². The molecule has 0 aromatic rings. The summed E-state index contributed by atoms with van der Waals surface area (Å²) >= 11 is 0. The molecule has 0 aromatic carbocycles. The van der Waals surface area contributed by atoms with Crippen LogP contribution in [0.25, 0.3) is 0 Å². The highest BCUT2D eigenvalue weighted by atomic mass is 16.1. The van der Waals surface area contributed by atoms with Crippen LogP contribution in [0.3, 0.4) is 0 Å². The Morgan fingerprint density at radius 1 is 1.55 bits per heavy atom. The summed E-state index contributed by atoms with van der Waals surface area (Å²) in [5.41, 5.74) is 5.20. The summed E-state index contributed by atoms with van der Waals surface area (Å²) in [4.78, 5) is 10.8. The molecule has 0 bridgehead atoms. The van der Waals surface area contributed by atoms with Gasteiger partial charge in [0.2, 0.25) is 5.91 Å². The Morgan fingerprint density at radius 2 is 2.09 bits per heavy atom. The predicted octanol–water partition coefficient (Wildman–Crippen LogP) is 0.496. The normalized spacial score (nSPS) is 15.9. The van der Waals surface area contributed by atoms with Crippen molar-refractivity contribution in [3.05, 3.63) is 0 Å². The van der Waals surface area contributed by atoms with E-state index in [0.29, 0.717) is 5.92 Å². The van der Waals surface area contributed by atoms with Gasteiger partial charge in [-0.15, -0.1) is 0 Å². The van der Waals surface area contributed by atoms with Crippen LogP contribution in [0.4, 0.5) is 0 Å². The molecule has 1 amide bonds. The summed E-state index contributed by atoms with van der Waals surface area (Å²) in [7, 11) is 0. The Morgan fingerprint density at radius 3 is 2.36 bits per heavy atom. The summed E-state index contributed by atoms with van der Waals surface area (Å²) in [6.07, 6.45) is 0.973. The van der Waals surface area contributed by atoms with Crippen LogP contribution < -0.4 is 11.1 Å². The van der Waals surface area contributed by atoms with E-state index in [1.54, 1.807) is 0 Å². The molecule has 3 N–H and O–H groups in total. The minimum absolute atomic E-state index is 0.162. The van der Waals surface area contributed by atoms with Gasteiger partial charge in [0.25, 0.3) is 0 Å². The molecule has 0 rings (SSSR count). The SMILES string of the molecule is CCN[C@H](C(N)=O)[C@@H](C)CC. The monoisotopic (exact) mass is 158 g/mol. The highest BCUT2D eigenvalue weighted by Crippen LogP contribution is 2.06. The number of hydrogen-bond acceptors (Lipinski definition) is 2. The van der Waals surface area contributed by atoms with E-state index in [4.69, 9.17) is 5.73 Å². The molecule has 2 atom stereocenters. The fourth-order valence-electron chi connectivity index (χ4n) is 1.04. The highest BCUT2D eigenvalue weighted by molar-refractivity contribution is 5.80. The van der Waals surface area contributed by atoms with Gasteiger partial charge in [-0.25, -0.2) is 0 Å². The average Bonchev–Trinajstić information content (AvgIpc) is 1.98. The number of likely N-dealkylation sites (N-methyl/N-ethyl adjacent to an activating group) is 1. The van der Waals surface area contributed by atoms with Gasteiger partial charge in [0.05, 0.1) is 6.04 Å². The Bertz CT molecular complexity index is 125. The molecular weight excluding hydrogens is 140 g/mol. The number of carbonyl (C=O) groups is 1. The van der Waals surface area contributed by atoms with Gasteiger partial charge in [0.1, 0.15) is 0 Å². The zero-order chi connectivity index (χ0) is 8.85. The second-order valence-electron chi connectivity index (χ2n) is 2.82. The first-order valence-electron chi connectivity index (χ1n) is 4.16. The lowest BCUT2D eigenvalue weighted by Gasteiger charge is -2.19. The maximum absolute atomic E-state index is 10.8. The zero-order valence-corrected chi connectivity index (χ0v) is 7.55. The number of primary amides is 1. The van der Waals surface area contributed by atoms with Crippen molar-refractivity contribution in [2.45, 2.75) is 33.2 Å². The molecule has 0 heterocycles. The van der Waals surface area contributed by atoms with E-state index in [2.05, 4.69) is 12.2 Å². The molecule has 0 saturated carbocycles. The number of rotatable bonds is 5. The van der Waals surface area contributed by atoms with Crippen LogP contribution >= 0.6 is 0 Å². The van der Waals surface area contributed by atoms with Gasteiger partial charge in [-0.05, 0) is 12.5 Å². The lowest BCUT2D eigenvalue weighted by Crippen LogP contribution is -2.45. The number of nitrogens with two attached hydrogens (primary N) is 1. The molecular formula is C8H18N2O. The fraction of sp³-hybridized carbons (Fsp3) is 0.875. The van der Waals surface area contributed by atoms with Crippen LogP contribution in [0.2, 0.25) is 0 Å². The van der Waals surface area contributed by atoms with E-state index < -0.39 is 0 Å². The topological polar surface area (TPSA) is 55.1 Å². The third-order valence-electron chi connectivity index (χ3n) is 1.94. The third-order valence-corrected chi connectivity index (χ3v) is 1.94. The molecule has 3 nitrogen and oxygen atoms in total. The minimum atomic E-state index is -0.249. The van der Waals surface area contributed by atoms with E-state index in [1.807, 2.05) is 13.8 Å². The van der Waals surface area contributed by atoms with Crippen molar-refractivity contribution in [3.8, 4) is 0 Å². The van der Waals surface area contributed by atoms with Crippen LogP contribution in [0.15, 0.2) is 0 Å². The van der Waals surface area contributed by atoms with E-state index in [0.717, 1.165) is 13.0 Å². The smallest absolute Gasteiger partial charge is 0.234 e. The van der Waals surface area contributed by atoms with Gasteiger partial charge in [0.15, 0.2) is 0 Å². The largest absolute Gasteiger partial charge is 0.368 e. The van der Waals surface area contributed by atoms with E-state index in [9.17, 15) is 4.79 Å². The molecule has 11 heavy (non-hydrogen) atoms. The Hall–Kier alpha value is -0.570. The van der Waals surface area contributed by atoms with Gasteiger partial charge in [0, 0.05) is 0 Å². The second kappa shape index (κ2) is 5.13. The molecule has 0 saturated heterocycles. The zero-order valence-electron chi connectivity index (χ0n) is 7.55. The first kappa shape index (κ1) is 10.4. The van der Waals surface area contributed by atoms with Crippen LogP contribution in [0, 0.1) is 5.92 Å². The Balaban J connectivity index is 3.97. The molecule has 0 unspecified atom stereocenters. The number of carbonyl (C=O) groups excluding carboxylic acids is 1.